The summed E-state index contributed by atoms with van der Waals surface area (Å²) in [6, 6.07) is 0.477. The van der Waals surface area contributed by atoms with Gasteiger partial charge in [-0.3, -0.25) is 9.69 Å². The first-order chi connectivity index (χ1) is 6.77. The van der Waals surface area contributed by atoms with Crippen LogP contribution in [0, 0.1) is 12.3 Å². The molecule has 0 atom stereocenters. The number of hydrogen-bond donors (Lipinski definition) is 0. The normalized spacial score (nSPS) is 16.9. The minimum atomic E-state index is -0.202. The highest BCUT2D eigenvalue weighted by Gasteiger charge is 2.23. The fourth-order valence-electron chi connectivity index (χ4n) is 1.93. The number of carbonyl (C=O) groups excluding carboxylic acids is 1. The molecule has 3 nitrogen and oxygen atoms in total. The molecule has 0 aromatic carbocycles. The molecule has 0 unspecified atom stereocenters. The van der Waals surface area contributed by atoms with Crippen LogP contribution in [0.1, 0.15) is 25.7 Å². The Morgan fingerprint density at radius 2 is 2.21 bits per heavy atom. The van der Waals surface area contributed by atoms with E-state index in [2.05, 4.69) is 10.7 Å². The number of hydrogen-bond acceptors (Lipinski definition) is 3. The van der Waals surface area contributed by atoms with Crippen molar-refractivity contribution in [2.24, 2.45) is 0 Å². The number of methoxy groups -OCH3 is 1. The van der Waals surface area contributed by atoms with Gasteiger partial charge in [0.1, 0.15) is 0 Å². The number of rotatable bonds is 4. The maximum absolute atomic E-state index is 11.1. The van der Waals surface area contributed by atoms with Crippen molar-refractivity contribution in [3.63, 3.8) is 0 Å². The first-order valence-electron chi connectivity index (χ1n) is 5.02. The summed E-state index contributed by atoms with van der Waals surface area (Å²) in [6.07, 6.45) is 10.1. The van der Waals surface area contributed by atoms with E-state index in [4.69, 9.17) is 6.42 Å². The van der Waals surface area contributed by atoms with Crippen molar-refractivity contribution in [1.82, 2.24) is 4.90 Å². The van der Waals surface area contributed by atoms with Crippen molar-refractivity contribution in [2.75, 3.05) is 20.2 Å². The molecule has 0 bridgehead atoms. The van der Waals surface area contributed by atoms with E-state index in [1.54, 1.807) is 0 Å². The first kappa shape index (κ1) is 11.1. The summed E-state index contributed by atoms with van der Waals surface area (Å²) in [5.41, 5.74) is 0. The molecule has 14 heavy (non-hydrogen) atoms. The number of carbonyl (C=O) groups is 1. The molecular weight excluding hydrogens is 178 g/mol. The van der Waals surface area contributed by atoms with Crippen LogP contribution >= 0.6 is 0 Å². The molecule has 0 amide bonds. The molecular formula is C11H17NO2. The summed E-state index contributed by atoms with van der Waals surface area (Å²) in [5, 5.41) is 0. The summed E-state index contributed by atoms with van der Waals surface area (Å²) < 4.78 is 4.64. The van der Waals surface area contributed by atoms with Crippen LogP contribution in [0.2, 0.25) is 0 Å². The van der Waals surface area contributed by atoms with Gasteiger partial charge in [0.2, 0.25) is 0 Å². The van der Waals surface area contributed by atoms with Crippen molar-refractivity contribution in [3.8, 4) is 12.3 Å². The van der Waals surface area contributed by atoms with Gasteiger partial charge in [0.25, 0.3) is 0 Å². The van der Waals surface area contributed by atoms with Gasteiger partial charge in [-0.2, -0.15) is 0 Å². The summed E-state index contributed by atoms with van der Waals surface area (Å²) in [5.74, 6) is 2.39. The Kier molecular flexibility index (Phi) is 4.48. The maximum atomic E-state index is 11.1. The predicted octanol–water partition coefficient (Wildman–Crippen LogP) is 1.04. The van der Waals surface area contributed by atoms with Gasteiger partial charge in [-0.05, 0) is 12.8 Å². The lowest BCUT2D eigenvalue weighted by Crippen LogP contribution is -2.38. The molecule has 0 N–H and O–H groups in total. The van der Waals surface area contributed by atoms with Gasteiger partial charge in [-0.15, -0.1) is 6.42 Å². The van der Waals surface area contributed by atoms with Gasteiger partial charge in [-0.25, -0.2) is 0 Å². The molecule has 0 aliphatic heterocycles. The zero-order chi connectivity index (χ0) is 10.4. The topological polar surface area (TPSA) is 29.5 Å². The lowest BCUT2D eigenvalue weighted by atomic mass is 10.2. The fraction of sp³-hybridized carbons (Fsp3) is 0.727. The Bertz CT molecular complexity index is 226. The smallest absolute Gasteiger partial charge is 0.319 e. The van der Waals surface area contributed by atoms with E-state index in [1.165, 1.54) is 20.0 Å². The van der Waals surface area contributed by atoms with Crippen LogP contribution in [0.3, 0.4) is 0 Å². The highest BCUT2D eigenvalue weighted by molar-refractivity contribution is 5.71. The van der Waals surface area contributed by atoms with E-state index >= 15 is 0 Å². The average Bonchev–Trinajstić information content (AvgIpc) is 2.69. The SMILES string of the molecule is C#CCN(CC(=O)OC)C1CCCC1. The van der Waals surface area contributed by atoms with Gasteiger partial charge >= 0.3 is 5.97 Å². The molecule has 0 spiro atoms. The summed E-state index contributed by atoms with van der Waals surface area (Å²) in [4.78, 5) is 13.2. The summed E-state index contributed by atoms with van der Waals surface area (Å²) >= 11 is 0. The standard InChI is InChI=1S/C11H17NO2/c1-3-8-12(9-11(13)14-2)10-6-4-5-7-10/h1,10H,4-9H2,2H3. The van der Waals surface area contributed by atoms with Crippen molar-refractivity contribution >= 4 is 5.97 Å². The highest BCUT2D eigenvalue weighted by Crippen LogP contribution is 2.22. The van der Waals surface area contributed by atoms with Crippen LogP contribution in [0.15, 0.2) is 0 Å². The quantitative estimate of drug-likeness (QED) is 0.496. The van der Waals surface area contributed by atoms with E-state index in [1.807, 2.05) is 4.90 Å². The van der Waals surface area contributed by atoms with Crippen LogP contribution in [0.25, 0.3) is 0 Å². The molecule has 0 saturated heterocycles. The zero-order valence-corrected chi connectivity index (χ0v) is 8.66. The highest BCUT2D eigenvalue weighted by atomic mass is 16.5. The summed E-state index contributed by atoms with van der Waals surface area (Å²) in [6.45, 7) is 0.866. The van der Waals surface area contributed by atoms with E-state index in [-0.39, 0.29) is 5.97 Å². The van der Waals surface area contributed by atoms with Crippen LogP contribution in [0.5, 0.6) is 0 Å². The monoisotopic (exact) mass is 195 g/mol. The second kappa shape index (κ2) is 5.66. The van der Waals surface area contributed by atoms with Gasteiger partial charge in [-0.1, -0.05) is 18.8 Å². The van der Waals surface area contributed by atoms with Gasteiger partial charge < -0.3 is 4.74 Å². The first-order valence-corrected chi connectivity index (χ1v) is 5.02. The van der Waals surface area contributed by atoms with Crippen LogP contribution in [-0.2, 0) is 9.53 Å². The van der Waals surface area contributed by atoms with Crippen molar-refractivity contribution in [1.29, 1.82) is 0 Å². The minimum absolute atomic E-state index is 0.202. The van der Waals surface area contributed by atoms with Crippen LogP contribution in [-0.4, -0.2) is 37.1 Å². The van der Waals surface area contributed by atoms with Crippen molar-refractivity contribution in [2.45, 2.75) is 31.7 Å². The zero-order valence-electron chi connectivity index (χ0n) is 8.66. The molecule has 0 aromatic rings. The Balaban J connectivity index is 2.45. The number of esters is 1. The van der Waals surface area contributed by atoms with Gasteiger partial charge in [0.15, 0.2) is 0 Å². The molecule has 0 aromatic heterocycles. The number of nitrogens with zero attached hydrogens (tertiary/aromatic N) is 1. The molecule has 3 heteroatoms. The number of ether oxygens (including phenoxy) is 1. The molecule has 1 rings (SSSR count). The molecule has 0 radical (unpaired) electrons. The third-order valence-electron chi connectivity index (χ3n) is 2.70. The largest absolute Gasteiger partial charge is 0.468 e. The second-order valence-corrected chi connectivity index (χ2v) is 3.62. The van der Waals surface area contributed by atoms with E-state index in [0.717, 1.165) is 12.8 Å². The summed E-state index contributed by atoms with van der Waals surface area (Å²) in [7, 11) is 1.41. The van der Waals surface area contributed by atoms with Crippen LogP contribution in [0.4, 0.5) is 0 Å². The third-order valence-corrected chi connectivity index (χ3v) is 2.70. The lowest BCUT2D eigenvalue weighted by molar-refractivity contribution is -0.142. The van der Waals surface area contributed by atoms with Crippen molar-refractivity contribution < 1.29 is 9.53 Å². The molecule has 1 saturated carbocycles. The minimum Gasteiger partial charge on any atom is -0.468 e. The molecule has 78 valence electrons. The van der Waals surface area contributed by atoms with Crippen molar-refractivity contribution in [3.05, 3.63) is 0 Å². The number of terminal acetylenes is 1. The Labute approximate surface area is 85.4 Å². The molecule has 1 fully saturated rings. The molecule has 1 aliphatic carbocycles. The Hall–Kier alpha value is -1.01. The molecule has 1 aliphatic rings. The fourth-order valence-corrected chi connectivity index (χ4v) is 1.93. The van der Waals surface area contributed by atoms with E-state index in [0.29, 0.717) is 19.1 Å². The second-order valence-electron chi connectivity index (χ2n) is 3.62. The molecule has 0 heterocycles. The van der Waals surface area contributed by atoms with Gasteiger partial charge in [0, 0.05) is 6.04 Å². The van der Waals surface area contributed by atoms with E-state index < -0.39 is 0 Å². The van der Waals surface area contributed by atoms with Gasteiger partial charge in [0.05, 0.1) is 20.2 Å². The van der Waals surface area contributed by atoms with Crippen LogP contribution < -0.4 is 0 Å². The maximum Gasteiger partial charge on any atom is 0.319 e. The Morgan fingerprint density at radius 3 is 2.71 bits per heavy atom. The predicted molar refractivity (Wildman–Crippen MR) is 54.7 cm³/mol. The Morgan fingerprint density at radius 1 is 1.57 bits per heavy atom. The lowest BCUT2D eigenvalue weighted by Gasteiger charge is -2.25. The van der Waals surface area contributed by atoms with E-state index in [9.17, 15) is 4.79 Å². The third kappa shape index (κ3) is 3.04. The average molecular weight is 195 g/mol.